The second-order valence-electron chi connectivity index (χ2n) is 6.13. The van der Waals surface area contributed by atoms with E-state index in [0.29, 0.717) is 0 Å². The average Bonchev–Trinajstić information content (AvgIpc) is 2.99. The van der Waals surface area contributed by atoms with Gasteiger partial charge in [-0.1, -0.05) is 0 Å². The predicted octanol–water partition coefficient (Wildman–Crippen LogP) is 3.97. The molecule has 28 heavy (non-hydrogen) atoms. The molecule has 0 saturated carbocycles. The normalized spacial score (nSPS) is 16.1. The van der Waals surface area contributed by atoms with Gasteiger partial charge in [-0.15, -0.1) is 0 Å². The monoisotopic (exact) mass is 418 g/mol. The maximum atomic E-state index is 13.9. The number of nitrogens with zero attached hydrogens (tertiary/aromatic N) is 2. The number of halogens is 5. The molecule has 0 bridgehead atoms. The lowest BCUT2D eigenvalue weighted by atomic mass is 9.93. The number of alkyl halides is 4. The van der Waals surface area contributed by atoms with Gasteiger partial charge in [0.25, 0.3) is 16.3 Å². The molecule has 2 aromatic rings. The molecule has 0 fully saturated rings. The van der Waals surface area contributed by atoms with E-state index in [-0.39, 0.29) is 11.4 Å². The maximum absolute atomic E-state index is 13.9. The van der Waals surface area contributed by atoms with Crippen LogP contribution in [0.2, 0.25) is 0 Å². The van der Waals surface area contributed by atoms with Crippen molar-refractivity contribution >= 4 is 15.6 Å². The first kappa shape index (κ1) is 20.0. The van der Waals surface area contributed by atoms with E-state index in [1.54, 1.807) is 0 Å². The second-order valence-corrected chi connectivity index (χ2v) is 8.05. The zero-order chi connectivity index (χ0) is 20.9. The molecule has 3 rings (SSSR count). The Hall–Kier alpha value is -2.74. The lowest BCUT2D eigenvalue weighted by molar-refractivity contribution is 0.00141. The summed E-state index contributed by atoms with van der Waals surface area (Å²) in [4.78, 5) is 14.2. The number of hydrogen-bond donors (Lipinski definition) is 0. The van der Waals surface area contributed by atoms with Gasteiger partial charge in [0.1, 0.15) is 10.7 Å². The van der Waals surface area contributed by atoms with Crippen molar-refractivity contribution in [3.05, 3.63) is 58.5 Å². The number of carbonyl (C=O) groups is 1. The van der Waals surface area contributed by atoms with Crippen LogP contribution in [0.15, 0.2) is 29.3 Å². The van der Waals surface area contributed by atoms with Crippen molar-refractivity contribution in [2.75, 3.05) is 5.88 Å². The van der Waals surface area contributed by atoms with Crippen molar-refractivity contribution in [2.45, 2.75) is 30.1 Å². The summed E-state index contributed by atoms with van der Waals surface area (Å²) in [6, 6.07) is 2.54. The highest BCUT2D eigenvalue weighted by Crippen LogP contribution is 2.39. The number of ketones is 1. The standard InChI is InChI=1S/C17H11F5N2O3S/c1-23-8-28(26,27)13-7-24(9-2-3-11(18)10(6-9)16(19)20)12-4-5-17(21,22)15(25)14(12)13/h2-3,6-7,16H,4-5,8H2. The summed E-state index contributed by atoms with van der Waals surface area (Å²) in [5.41, 5.74) is -1.96. The Labute approximate surface area is 156 Å². The molecule has 0 aliphatic heterocycles. The fourth-order valence-electron chi connectivity index (χ4n) is 3.05. The lowest BCUT2D eigenvalue weighted by Crippen LogP contribution is -2.35. The zero-order valence-electron chi connectivity index (χ0n) is 13.9. The molecule has 1 aliphatic rings. The molecule has 0 atom stereocenters. The van der Waals surface area contributed by atoms with Crippen LogP contribution in [0.5, 0.6) is 0 Å². The lowest BCUT2D eigenvalue weighted by Gasteiger charge is -2.22. The number of rotatable bonds is 4. The van der Waals surface area contributed by atoms with Gasteiger partial charge in [0, 0.05) is 24.0 Å². The van der Waals surface area contributed by atoms with Gasteiger partial charge in [0.05, 0.1) is 11.1 Å². The third-order valence-corrected chi connectivity index (χ3v) is 5.82. The average molecular weight is 418 g/mol. The van der Waals surface area contributed by atoms with Crippen molar-refractivity contribution in [3.63, 3.8) is 0 Å². The Morgan fingerprint density at radius 2 is 1.96 bits per heavy atom. The molecule has 0 amide bonds. The summed E-state index contributed by atoms with van der Waals surface area (Å²) in [5, 5.41) is 0. The summed E-state index contributed by atoms with van der Waals surface area (Å²) in [6.45, 7) is 6.73. The summed E-state index contributed by atoms with van der Waals surface area (Å²) < 4.78 is 93.0. The van der Waals surface area contributed by atoms with Crippen LogP contribution < -0.4 is 0 Å². The highest BCUT2D eigenvalue weighted by molar-refractivity contribution is 7.91. The van der Waals surface area contributed by atoms with Crippen LogP contribution in [0.25, 0.3) is 10.5 Å². The van der Waals surface area contributed by atoms with E-state index in [0.717, 1.165) is 29.0 Å². The molecule has 148 valence electrons. The van der Waals surface area contributed by atoms with Crippen molar-refractivity contribution in [2.24, 2.45) is 0 Å². The second kappa shape index (κ2) is 6.70. The summed E-state index contributed by atoms with van der Waals surface area (Å²) >= 11 is 0. The van der Waals surface area contributed by atoms with Gasteiger partial charge in [0.15, 0.2) is 0 Å². The Morgan fingerprint density at radius 3 is 2.57 bits per heavy atom. The largest absolute Gasteiger partial charge is 0.319 e. The smallest absolute Gasteiger partial charge is 0.316 e. The first-order chi connectivity index (χ1) is 13.0. The molecular formula is C17H11F5N2O3S. The molecule has 11 heteroatoms. The fourth-order valence-corrected chi connectivity index (χ4v) is 4.15. The molecule has 0 saturated heterocycles. The maximum Gasteiger partial charge on any atom is 0.316 e. The number of sulfone groups is 1. The molecule has 1 aromatic carbocycles. The SMILES string of the molecule is [C-]#[N+]CS(=O)(=O)c1cn(-c2ccc(F)c(C(F)F)c2)c2c1C(=O)C(F)(F)CC2. The number of fused-ring (bicyclic) bond motifs is 1. The van der Waals surface area contributed by atoms with Crippen LogP contribution in [-0.2, 0) is 16.3 Å². The molecule has 0 unspecified atom stereocenters. The molecule has 0 N–H and O–H groups in total. The number of benzene rings is 1. The van der Waals surface area contributed by atoms with E-state index in [4.69, 9.17) is 6.57 Å². The quantitative estimate of drug-likeness (QED) is 0.558. The summed E-state index contributed by atoms with van der Waals surface area (Å²) in [6.07, 6.45) is -3.63. The van der Waals surface area contributed by atoms with Gasteiger partial charge in [-0.25, -0.2) is 28.2 Å². The minimum atomic E-state index is -4.41. The van der Waals surface area contributed by atoms with Crippen molar-refractivity contribution in [1.82, 2.24) is 4.57 Å². The topological polar surface area (TPSA) is 60.5 Å². The van der Waals surface area contributed by atoms with Crippen LogP contribution in [0, 0.1) is 12.4 Å². The molecule has 0 spiro atoms. The molecule has 0 radical (unpaired) electrons. The van der Waals surface area contributed by atoms with Crippen LogP contribution in [0.1, 0.15) is 34.5 Å². The number of aromatic nitrogens is 1. The molecule has 1 aromatic heterocycles. The number of Topliss-reactive ketones (excluding diaryl/α,β-unsaturated/α-hetero) is 1. The van der Waals surface area contributed by atoms with E-state index in [9.17, 15) is 35.2 Å². The van der Waals surface area contributed by atoms with Crippen LogP contribution in [-0.4, -0.2) is 30.6 Å². The van der Waals surface area contributed by atoms with Crippen molar-refractivity contribution in [3.8, 4) is 5.69 Å². The number of carbonyl (C=O) groups excluding carboxylic acids is 1. The molecule has 5 nitrogen and oxygen atoms in total. The zero-order valence-corrected chi connectivity index (χ0v) is 14.7. The highest BCUT2D eigenvalue weighted by Gasteiger charge is 2.48. The van der Waals surface area contributed by atoms with Gasteiger partial charge >= 0.3 is 11.8 Å². The Kier molecular flexibility index (Phi) is 4.79. The van der Waals surface area contributed by atoms with E-state index >= 15 is 0 Å². The Morgan fingerprint density at radius 1 is 1.29 bits per heavy atom. The summed E-state index contributed by atoms with van der Waals surface area (Å²) in [7, 11) is -4.41. The fraction of sp³-hybridized carbons (Fsp3) is 0.294. The van der Waals surface area contributed by atoms with E-state index in [1.807, 2.05) is 0 Å². The number of hydrogen-bond acceptors (Lipinski definition) is 3. The van der Waals surface area contributed by atoms with Gasteiger partial charge in [0.2, 0.25) is 5.78 Å². The first-order valence-corrected chi connectivity index (χ1v) is 9.45. The molecule has 1 aliphatic carbocycles. The van der Waals surface area contributed by atoms with Crippen molar-refractivity contribution in [1.29, 1.82) is 0 Å². The minimum absolute atomic E-state index is 0.116. The third kappa shape index (κ3) is 3.17. The molecular weight excluding hydrogens is 407 g/mol. The predicted molar refractivity (Wildman–Crippen MR) is 86.9 cm³/mol. The van der Waals surface area contributed by atoms with E-state index in [1.165, 1.54) is 0 Å². The van der Waals surface area contributed by atoms with Crippen molar-refractivity contribution < 1.29 is 35.2 Å². The third-order valence-electron chi connectivity index (χ3n) is 4.37. The van der Waals surface area contributed by atoms with Crippen LogP contribution in [0.4, 0.5) is 22.0 Å². The van der Waals surface area contributed by atoms with Gasteiger partial charge < -0.3 is 4.57 Å². The van der Waals surface area contributed by atoms with Gasteiger partial charge in [-0.05, 0) is 24.6 Å². The van der Waals surface area contributed by atoms with Gasteiger partial charge in [-0.2, -0.15) is 8.78 Å². The Balaban J connectivity index is 2.30. The molecule has 1 heterocycles. The summed E-state index contributed by atoms with van der Waals surface area (Å²) in [5.74, 6) is -7.78. The van der Waals surface area contributed by atoms with Gasteiger partial charge in [-0.3, -0.25) is 9.64 Å². The van der Waals surface area contributed by atoms with Crippen LogP contribution >= 0.6 is 0 Å². The highest BCUT2D eigenvalue weighted by atomic mass is 32.2. The van der Waals surface area contributed by atoms with Crippen LogP contribution in [0.3, 0.4) is 0 Å². The first-order valence-electron chi connectivity index (χ1n) is 7.80. The minimum Gasteiger partial charge on any atom is -0.319 e. The van der Waals surface area contributed by atoms with E-state index in [2.05, 4.69) is 4.85 Å². The Bertz CT molecular complexity index is 1120. The van der Waals surface area contributed by atoms with E-state index < -0.39 is 68.5 Å².